The zero-order valence-electron chi connectivity index (χ0n) is 17.4. The quantitative estimate of drug-likeness (QED) is 0.540. The van der Waals surface area contributed by atoms with Gasteiger partial charge >= 0.3 is 0 Å². The zero-order chi connectivity index (χ0) is 21.2. The molecule has 0 fully saturated rings. The van der Waals surface area contributed by atoms with Crippen LogP contribution in [0.5, 0.6) is 5.75 Å². The molecule has 0 bridgehead atoms. The number of amides is 1. The van der Waals surface area contributed by atoms with Crippen LogP contribution in [-0.4, -0.2) is 36.4 Å². The van der Waals surface area contributed by atoms with Crippen LogP contribution in [0.15, 0.2) is 79.1 Å². The first-order valence-corrected chi connectivity index (χ1v) is 9.93. The van der Waals surface area contributed by atoms with E-state index in [9.17, 15) is 4.79 Å². The van der Waals surface area contributed by atoms with Gasteiger partial charge in [-0.05, 0) is 68.1 Å². The lowest BCUT2D eigenvalue weighted by Gasteiger charge is -2.09. The smallest absolute Gasteiger partial charge is 0.248 e. The lowest BCUT2D eigenvalue weighted by molar-refractivity contribution is -0.111. The van der Waals surface area contributed by atoms with E-state index in [1.807, 2.05) is 60.7 Å². The molecule has 5 nitrogen and oxygen atoms in total. The van der Waals surface area contributed by atoms with Crippen LogP contribution in [0.4, 0.5) is 5.69 Å². The fourth-order valence-electron chi connectivity index (χ4n) is 2.79. The second kappa shape index (κ2) is 10.9. The van der Waals surface area contributed by atoms with Gasteiger partial charge in [0.1, 0.15) is 12.4 Å². The maximum Gasteiger partial charge on any atom is 0.248 e. The second-order valence-electron chi connectivity index (χ2n) is 7.29. The topological polar surface area (TPSA) is 54.5 Å². The molecule has 0 aliphatic heterocycles. The Morgan fingerprint density at radius 3 is 2.47 bits per heavy atom. The monoisotopic (exact) mass is 401 g/mol. The van der Waals surface area contributed by atoms with Crippen LogP contribution in [0.3, 0.4) is 0 Å². The van der Waals surface area contributed by atoms with Crippen LogP contribution in [0.1, 0.15) is 16.7 Å². The van der Waals surface area contributed by atoms with Gasteiger partial charge in [-0.15, -0.1) is 0 Å². The maximum atomic E-state index is 12.2. The normalized spacial score (nSPS) is 11.0. The number of pyridine rings is 1. The molecule has 1 heterocycles. The lowest BCUT2D eigenvalue weighted by atomic mass is 10.1. The van der Waals surface area contributed by atoms with Crippen LogP contribution >= 0.6 is 0 Å². The SMILES string of the molecule is CN(C)CCc1ccc(NC(=O)/C=C/c2ccc(OCc3cccnc3)cc2)cc1. The molecule has 0 saturated carbocycles. The summed E-state index contributed by atoms with van der Waals surface area (Å²) in [7, 11) is 4.12. The van der Waals surface area contributed by atoms with Crippen molar-refractivity contribution in [1.29, 1.82) is 0 Å². The summed E-state index contributed by atoms with van der Waals surface area (Å²) in [6, 6.07) is 19.4. The first kappa shape index (κ1) is 21.3. The summed E-state index contributed by atoms with van der Waals surface area (Å²) in [5.41, 5.74) is 3.99. The Balaban J connectivity index is 1.47. The van der Waals surface area contributed by atoms with Gasteiger partial charge in [0.05, 0.1) is 0 Å². The van der Waals surface area contributed by atoms with Gasteiger partial charge in [0.15, 0.2) is 0 Å². The Labute approximate surface area is 178 Å². The maximum absolute atomic E-state index is 12.2. The molecular formula is C25H27N3O2. The molecule has 3 aromatic rings. The van der Waals surface area contributed by atoms with Gasteiger partial charge in [-0.3, -0.25) is 9.78 Å². The molecule has 0 atom stereocenters. The predicted octanol–water partition coefficient (Wildman–Crippen LogP) is 4.42. The van der Waals surface area contributed by atoms with Gasteiger partial charge in [0.25, 0.3) is 0 Å². The van der Waals surface area contributed by atoms with Crippen LogP contribution in [0, 0.1) is 0 Å². The van der Waals surface area contributed by atoms with Crippen molar-refractivity contribution in [3.05, 3.63) is 95.8 Å². The highest BCUT2D eigenvalue weighted by Crippen LogP contribution is 2.15. The third-order valence-electron chi connectivity index (χ3n) is 4.50. The van der Waals surface area contributed by atoms with Crippen molar-refractivity contribution in [2.75, 3.05) is 26.0 Å². The molecule has 0 unspecified atom stereocenters. The number of hydrogen-bond donors (Lipinski definition) is 1. The number of hydrogen-bond acceptors (Lipinski definition) is 4. The van der Waals surface area contributed by atoms with Crippen molar-refractivity contribution in [2.24, 2.45) is 0 Å². The number of ether oxygens (including phenoxy) is 1. The van der Waals surface area contributed by atoms with E-state index in [0.29, 0.717) is 6.61 Å². The zero-order valence-corrected chi connectivity index (χ0v) is 17.4. The van der Waals surface area contributed by atoms with Crippen LogP contribution in [-0.2, 0) is 17.8 Å². The average molecular weight is 402 g/mol. The van der Waals surface area contributed by atoms with E-state index in [1.165, 1.54) is 11.6 Å². The molecule has 2 aromatic carbocycles. The van der Waals surface area contributed by atoms with Crippen molar-refractivity contribution in [3.63, 3.8) is 0 Å². The molecule has 1 amide bonds. The van der Waals surface area contributed by atoms with Gasteiger partial charge in [-0.25, -0.2) is 0 Å². The van der Waals surface area contributed by atoms with Crippen LogP contribution in [0.2, 0.25) is 0 Å². The number of carbonyl (C=O) groups excluding carboxylic acids is 1. The Bertz CT molecular complexity index is 950. The second-order valence-corrected chi connectivity index (χ2v) is 7.29. The fraction of sp³-hybridized carbons (Fsp3) is 0.200. The lowest BCUT2D eigenvalue weighted by Crippen LogP contribution is -2.15. The molecule has 1 N–H and O–H groups in total. The minimum atomic E-state index is -0.159. The van der Waals surface area contributed by atoms with Gasteiger partial charge in [-0.2, -0.15) is 0 Å². The molecule has 0 aliphatic carbocycles. The molecule has 0 spiro atoms. The fourth-order valence-corrected chi connectivity index (χ4v) is 2.79. The molecule has 5 heteroatoms. The summed E-state index contributed by atoms with van der Waals surface area (Å²) in [5.74, 6) is 0.614. The summed E-state index contributed by atoms with van der Waals surface area (Å²) >= 11 is 0. The summed E-state index contributed by atoms with van der Waals surface area (Å²) < 4.78 is 5.75. The first-order valence-electron chi connectivity index (χ1n) is 9.93. The van der Waals surface area contributed by atoms with Gasteiger partial charge in [0.2, 0.25) is 5.91 Å². The van der Waals surface area contributed by atoms with E-state index in [-0.39, 0.29) is 5.91 Å². The number of likely N-dealkylation sites (N-methyl/N-ethyl adjacent to an activating group) is 1. The van der Waals surface area contributed by atoms with Crippen molar-refractivity contribution < 1.29 is 9.53 Å². The van der Waals surface area contributed by atoms with E-state index < -0.39 is 0 Å². The highest BCUT2D eigenvalue weighted by atomic mass is 16.5. The Hall–Kier alpha value is -3.44. The highest BCUT2D eigenvalue weighted by Gasteiger charge is 2.00. The molecule has 1 aromatic heterocycles. The number of aromatic nitrogens is 1. The number of rotatable bonds is 9. The third kappa shape index (κ3) is 7.18. The van der Waals surface area contributed by atoms with E-state index >= 15 is 0 Å². The Morgan fingerprint density at radius 1 is 1.03 bits per heavy atom. The summed E-state index contributed by atoms with van der Waals surface area (Å²) in [5, 5.41) is 2.89. The standard InChI is InChI=1S/C25H27N3O2/c1-28(2)17-15-21-5-10-23(11-6-21)27-25(29)14-9-20-7-12-24(13-8-20)30-19-22-4-3-16-26-18-22/h3-14,16,18H,15,17,19H2,1-2H3,(H,27,29)/b14-9+. The van der Waals surface area contributed by atoms with Gasteiger partial charge < -0.3 is 15.0 Å². The average Bonchev–Trinajstić information content (AvgIpc) is 2.77. The van der Waals surface area contributed by atoms with E-state index in [1.54, 1.807) is 18.5 Å². The van der Waals surface area contributed by atoms with E-state index in [2.05, 4.69) is 29.3 Å². The number of carbonyl (C=O) groups is 1. The Morgan fingerprint density at radius 2 is 1.80 bits per heavy atom. The molecule has 3 rings (SSSR count). The highest BCUT2D eigenvalue weighted by molar-refractivity contribution is 6.01. The minimum Gasteiger partial charge on any atom is -0.489 e. The van der Waals surface area contributed by atoms with E-state index in [4.69, 9.17) is 4.74 Å². The van der Waals surface area contributed by atoms with E-state index in [0.717, 1.165) is 35.5 Å². The van der Waals surface area contributed by atoms with Gasteiger partial charge in [-0.1, -0.05) is 30.3 Å². The molecule has 30 heavy (non-hydrogen) atoms. The van der Waals surface area contributed by atoms with Crippen LogP contribution < -0.4 is 10.1 Å². The van der Waals surface area contributed by atoms with Crippen molar-refractivity contribution in [3.8, 4) is 5.75 Å². The molecule has 0 aliphatic rings. The summed E-state index contributed by atoms with van der Waals surface area (Å²) in [6.07, 6.45) is 7.83. The predicted molar refractivity (Wildman–Crippen MR) is 121 cm³/mol. The minimum absolute atomic E-state index is 0.159. The number of benzene rings is 2. The first-order chi connectivity index (χ1) is 14.6. The summed E-state index contributed by atoms with van der Waals surface area (Å²) in [4.78, 5) is 18.4. The van der Waals surface area contributed by atoms with Crippen molar-refractivity contribution >= 4 is 17.7 Å². The summed E-state index contributed by atoms with van der Waals surface area (Å²) in [6.45, 7) is 1.47. The molecule has 0 saturated heterocycles. The van der Waals surface area contributed by atoms with Crippen molar-refractivity contribution in [1.82, 2.24) is 9.88 Å². The molecule has 0 radical (unpaired) electrons. The Kier molecular flexibility index (Phi) is 7.75. The van der Waals surface area contributed by atoms with Gasteiger partial charge in [0, 0.05) is 36.3 Å². The third-order valence-corrected chi connectivity index (χ3v) is 4.50. The number of nitrogens with one attached hydrogen (secondary N) is 1. The van der Waals surface area contributed by atoms with Crippen molar-refractivity contribution in [2.45, 2.75) is 13.0 Å². The van der Waals surface area contributed by atoms with Crippen LogP contribution in [0.25, 0.3) is 6.08 Å². The molecular weight excluding hydrogens is 374 g/mol. The largest absolute Gasteiger partial charge is 0.489 e. The molecule has 154 valence electrons. The number of anilines is 1. The number of nitrogens with zero attached hydrogens (tertiary/aromatic N) is 2.